The van der Waals surface area contributed by atoms with Crippen molar-refractivity contribution in [3.05, 3.63) is 51.1 Å². The fourth-order valence-electron chi connectivity index (χ4n) is 3.05. The molecule has 4 rings (SSSR count). The highest BCUT2D eigenvalue weighted by Crippen LogP contribution is 2.39. The summed E-state index contributed by atoms with van der Waals surface area (Å²) in [5.41, 5.74) is 5.84. The first kappa shape index (κ1) is 20.3. The van der Waals surface area contributed by atoms with Gasteiger partial charge in [-0.15, -0.1) is 11.3 Å². The molecule has 0 fully saturated rings. The number of pyridine rings is 1. The number of anilines is 1. The van der Waals surface area contributed by atoms with Gasteiger partial charge in [-0.1, -0.05) is 6.07 Å². The number of aryl methyl sites for hydroxylation is 2. The van der Waals surface area contributed by atoms with E-state index < -0.39 is 17.8 Å². The van der Waals surface area contributed by atoms with Crippen molar-refractivity contribution in [2.75, 3.05) is 5.32 Å². The molecule has 0 atom stereocenters. The number of amides is 1. The summed E-state index contributed by atoms with van der Waals surface area (Å²) in [5.74, 6) is -0.335. The lowest BCUT2D eigenvalue weighted by molar-refractivity contribution is -0.141. The van der Waals surface area contributed by atoms with Gasteiger partial charge >= 0.3 is 6.18 Å². The third kappa shape index (κ3) is 3.52. The SMILES string of the molecule is Cc1cccnc1-n1nc(C(F)(F)F)cc1CNc1c(C(N)=O)sc2nsc(C)c12. The van der Waals surface area contributed by atoms with E-state index in [2.05, 4.69) is 19.8 Å². The number of carbonyl (C=O) groups is 1. The van der Waals surface area contributed by atoms with Gasteiger partial charge in [-0.05, 0) is 43.1 Å². The van der Waals surface area contributed by atoms with E-state index in [1.165, 1.54) is 17.7 Å². The Balaban J connectivity index is 1.77. The van der Waals surface area contributed by atoms with E-state index in [-0.39, 0.29) is 17.1 Å². The monoisotopic (exact) mass is 452 g/mol. The van der Waals surface area contributed by atoms with E-state index >= 15 is 0 Å². The fraction of sp³-hybridized carbons (Fsp3) is 0.222. The molecule has 30 heavy (non-hydrogen) atoms. The largest absolute Gasteiger partial charge is 0.435 e. The van der Waals surface area contributed by atoms with Crippen molar-refractivity contribution in [3.63, 3.8) is 0 Å². The summed E-state index contributed by atoms with van der Waals surface area (Å²) in [6.07, 6.45) is -3.12. The number of rotatable bonds is 5. The topological polar surface area (TPSA) is 98.7 Å². The van der Waals surface area contributed by atoms with Gasteiger partial charge in [0, 0.05) is 11.1 Å². The van der Waals surface area contributed by atoms with Crippen LogP contribution in [0.2, 0.25) is 0 Å². The van der Waals surface area contributed by atoms with Crippen LogP contribution in [0.4, 0.5) is 18.9 Å². The van der Waals surface area contributed by atoms with Gasteiger partial charge in [0.05, 0.1) is 23.3 Å². The zero-order valence-corrected chi connectivity index (χ0v) is 17.4. The van der Waals surface area contributed by atoms with Gasteiger partial charge in [-0.2, -0.15) is 22.6 Å². The first-order chi connectivity index (χ1) is 14.2. The van der Waals surface area contributed by atoms with E-state index in [1.807, 2.05) is 6.92 Å². The molecule has 0 aliphatic rings. The molecule has 0 spiro atoms. The molecule has 3 N–H and O–H groups in total. The predicted molar refractivity (Wildman–Crippen MR) is 109 cm³/mol. The minimum Gasteiger partial charge on any atom is -0.377 e. The number of hydrogen-bond acceptors (Lipinski definition) is 7. The molecule has 0 unspecified atom stereocenters. The number of fused-ring (bicyclic) bond motifs is 1. The Morgan fingerprint density at radius 1 is 1.33 bits per heavy atom. The predicted octanol–water partition coefficient (Wildman–Crippen LogP) is 4.29. The van der Waals surface area contributed by atoms with Crippen molar-refractivity contribution in [1.82, 2.24) is 19.1 Å². The molecule has 156 valence electrons. The molecule has 0 aromatic carbocycles. The molecule has 1 amide bonds. The van der Waals surface area contributed by atoms with Gasteiger partial charge in [0.2, 0.25) is 0 Å². The molecular formula is C18H15F3N6OS2. The third-order valence-corrected chi connectivity index (χ3v) is 6.40. The van der Waals surface area contributed by atoms with Crippen LogP contribution < -0.4 is 11.1 Å². The van der Waals surface area contributed by atoms with Crippen molar-refractivity contribution >= 4 is 44.7 Å². The van der Waals surface area contributed by atoms with E-state index in [0.717, 1.165) is 32.3 Å². The van der Waals surface area contributed by atoms with Crippen LogP contribution in [0.5, 0.6) is 0 Å². The number of alkyl halides is 3. The summed E-state index contributed by atoms with van der Waals surface area (Å²) in [4.78, 5) is 17.9. The molecule has 0 aliphatic heterocycles. The van der Waals surface area contributed by atoms with Gasteiger partial charge in [0.15, 0.2) is 11.5 Å². The molecule has 12 heteroatoms. The number of hydrogen-bond donors (Lipinski definition) is 2. The zero-order valence-electron chi connectivity index (χ0n) is 15.7. The molecule has 0 radical (unpaired) electrons. The molecule has 0 aliphatic carbocycles. The average molecular weight is 452 g/mol. The van der Waals surface area contributed by atoms with Gasteiger partial charge in [0.1, 0.15) is 9.71 Å². The summed E-state index contributed by atoms with van der Waals surface area (Å²) in [5, 5.41) is 7.55. The standard InChI is InChI=1S/C18H15F3N6OS2/c1-8-4-3-5-23-16(8)27-10(6-11(25-27)18(19,20)21)7-24-13-12-9(2)30-26-17(12)29-14(13)15(22)28/h3-6,24H,7H2,1-2H3,(H2,22,28). The molecule has 7 nitrogen and oxygen atoms in total. The minimum atomic E-state index is -4.61. The van der Waals surface area contributed by atoms with E-state index in [4.69, 9.17) is 5.73 Å². The van der Waals surface area contributed by atoms with E-state index in [9.17, 15) is 18.0 Å². The Kier molecular flexibility index (Phi) is 4.98. The highest BCUT2D eigenvalue weighted by atomic mass is 32.1. The lowest BCUT2D eigenvalue weighted by Gasteiger charge is -2.11. The molecule has 4 aromatic heterocycles. The van der Waals surface area contributed by atoms with Crippen LogP contribution in [-0.4, -0.2) is 25.0 Å². The number of nitrogens with two attached hydrogens (primary N) is 1. The van der Waals surface area contributed by atoms with Gasteiger partial charge in [-0.25, -0.2) is 9.67 Å². The average Bonchev–Trinajstić information content (AvgIpc) is 3.35. The summed E-state index contributed by atoms with van der Waals surface area (Å²) in [6.45, 7) is 3.56. The molecule has 0 bridgehead atoms. The molecule has 4 heterocycles. The van der Waals surface area contributed by atoms with Crippen LogP contribution in [0, 0.1) is 13.8 Å². The van der Waals surface area contributed by atoms with Crippen molar-refractivity contribution in [1.29, 1.82) is 0 Å². The summed E-state index contributed by atoms with van der Waals surface area (Å²) < 4.78 is 45.4. The van der Waals surface area contributed by atoms with Crippen molar-refractivity contribution in [2.45, 2.75) is 26.6 Å². The maximum Gasteiger partial charge on any atom is 0.435 e. The highest BCUT2D eigenvalue weighted by molar-refractivity contribution is 7.23. The van der Waals surface area contributed by atoms with E-state index in [1.54, 1.807) is 19.1 Å². The van der Waals surface area contributed by atoms with Gasteiger partial charge in [0.25, 0.3) is 5.91 Å². The first-order valence-corrected chi connectivity index (χ1v) is 10.3. The fourth-order valence-corrected chi connectivity index (χ4v) is 4.91. The van der Waals surface area contributed by atoms with Crippen LogP contribution >= 0.6 is 22.9 Å². The molecular weight excluding hydrogens is 437 g/mol. The Bertz CT molecular complexity index is 1260. The Morgan fingerprint density at radius 2 is 2.10 bits per heavy atom. The number of primary amides is 1. The molecule has 0 saturated heterocycles. The number of nitrogens with zero attached hydrogens (tertiary/aromatic N) is 4. The smallest absolute Gasteiger partial charge is 0.377 e. The number of thiophene rings is 1. The van der Waals surface area contributed by atoms with Crippen LogP contribution in [0.25, 0.3) is 16.0 Å². The van der Waals surface area contributed by atoms with Crippen LogP contribution in [0.3, 0.4) is 0 Å². The quantitative estimate of drug-likeness (QED) is 0.471. The minimum absolute atomic E-state index is 0.0273. The maximum absolute atomic E-state index is 13.3. The second-order valence-electron chi connectivity index (χ2n) is 6.52. The van der Waals surface area contributed by atoms with E-state index in [0.29, 0.717) is 21.9 Å². The highest BCUT2D eigenvalue weighted by Gasteiger charge is 2.35. The van der Waals surface area contributed by atoms with Gasteiger partial charge in [-0.3, -0.25) is 4.79 Å². The molecule has 0 saturated carbocycles. The second-order valence-corrected chi connectivity index (χ2v) is 8.49. The molecule has 4 aromatic rings. The van der Waals surface area contributed by atoms with Crippen molar-refractivity contribution < 1.29 is 18.0 Å². The number of carbonyl (C=O) groups excluding carboxylic acids is 1. The zero-order chi connectivity index (χ0) is 21.6. The maximum atomic E-state index is 13.3. The summed E-state index contributed by atoms with van der Waals surface area (Å²) >= 11 is 2.43. The first-order valence-electron chi connectivity index (χ1n) is 8.67. The summed E-state index contributed by atoms with van der Waals surface area (Å²) in [6, 6.07) is 4.40. The summed E-state index contributed by atoms with van der Waals surface area (Å²) in [7, 11) is 0. The Labute approximate surface area is 176 Å². The van der Waals surface area contributed by atoms with Crippen LogP contribution in [-0.2, 0) is 12.7 Å². The second kappa shape index (κ2) is 7.36. The van der Waals surface area contributed by atoms with Gasteiger partial charge < -0.3 is 11.1 Å². The van der Waals surface area contributed by atoms with Crippen molar-refractivity contribution in [2.24, 2.45) is 5.73 Å². The third-order valence-electron chi connectivity index (χ3n) is 4.43. The lowest BCUT2D eigenvalue weighted by atomic mass is 10.2. The van der Waals surface area contributed by atoms with Crippen molar-refractivity contribution in [3.8, 4) is 5.82 Å². The number of aromatic nitrogens is 4. The Hall–Kier alpha value is -2.99. The number of nitrogens with one attached hydrogen (secondary N) is 1. The number of halogens is 3. The van der Waals surface area contributed by atoms with Crippen LogP contribution in [0.1, 0.15) is 31.5 Å². The lowest BCUT2D eigenvalue weighted by Crippen LogP contribution is -2.14. The van der Waals surface area contributed by atoms with Crippen LogP contribution in [0.15, 0.2) is 24.4 Å². The normalized spacial score (nSPS) is 11.9. The Morgan fingerprint density at radius 3 is 2.77 bits per heavy atom.